The van der Waals surface area contributed by atoms with Gasteiger partial charge in [-0.1, -0.05) is 48.5 Å². The van der Waals surface area contributed by atoms with E-state index in [1.165, 1.54) is 5.39 Å². The van der Waals surface area contributed by atoms with Crippen molar-refractivity contribution < 1.29 is 8.42 Å². The number of rotatable bonds is 4. The van der Waals surface area contributed by atoms with E-state index in [-0.39, 0.29) is 4.90 Å². The Kier molecular flexibility index (Phi) is 4.14. The molecule has 1 radical (unpaired) electrons. The van der Waals surface area contributed by atoms with Crippen LogP contribution < -0.4 is 14.9 Å². The second-order valence-electron chi connectivity index (χ2n) is 6.88. The lowest BCUT2D eigenvalue weighted by Crippen LogP contribution is -2.16. The second kappa shape index (κ2) is 6.83. The van der Waals surface area contributed by atoms with Gasteiger partial charge in [-0.25, -0.2) is 8.42 Å². The highest BCUT2D eigenvalue weighted by atomic mass is 32.2. The summed E-state index contributed by atoms with van der Waals surface area (Å²) in [5.41, 5.74) is 3.26. The lowest BCUT2D eigenvalue weighted by molar-refractivity contribution is 0.601. The highest BCUT2D eigenvalue weighted by molar-refractivity contribution is 7.92. The zero-order valence-corrected chi connectivity index (χ0v) is 16.3. The molecule has 4 aromatic carbocycles. The van der Waals surface area contributed by atoms with Crippen molar-refractivity contribution in [3.05, 3.63) is 91.0 Å². The Morgan fingerprint density at radius 3 is 2.38 bits per heavy atom. The molecule has 5 rings (SSSR count). The zero-order chi connectivity index (χ0) is 19.8. The summed E-state index contributed by atoms with van der Waals surface area (Å²) >= 11 is 0. The molecule has 0 unspecified atom stereocenters. The van der Waals surface area contributed by atoms with E-state index in [0.29, 0.717) is 12.4 Å². The molecule has 6 heteroatoms. The molecule has 0 atom stereocenters. The van der Waals surface area contributed by atoms with E-state index in [0.717, 1.165) is 22.4 Å². The van der Waals surface area contributed by atoms with Crippen LogP contribution in [0.2, 0.25) is 0 Å². The number of hydrogen-bond acceptors (Lipinski definition) is 3. The topological polar surface area (TPSA) is 63.5 Å². The summed E-state index contributed by atoms with van der Waals surface area (Å²) in [5.74, 6) is 0. The minimum atomic E-state index is -3.64. The molecule has 0 aromatic heterocycles. The molecule has 143 valence electrons. The van der Waals surface area contributed by atoms with E-state index < -0.39 is 10.0 Å². The molecule has 0 amide bonds. The lowest BCUT2D eigenvalue weighted by atomic mass is 10.1. The van der Waals surface area contributed by atoms with Crippen molar-refractivity contribution >= 4 is 43.5 Å². The van der Waals surface area contributed by atoms with Crippen molar-refractivity contribution in [3.8, 4) is 0 Å². The van der Waals surface area contributed by atoms with Crippen LogP contribution in [0, 0.1) is 0 Å². The lowest BCUT2D eigenvalue weighted by Gasteiger charge is -2.19. The fourth-order valence-electron chi connectivity index (χ4n) is 3.54. The smallest absolute Gasteiger partial charge is 0.261 e. The Balaban J connectivity index is 1.49. The standard InChI is InChI=1S/C23H18N3O2S/c27-29(28,21-8-2-1-3-9-21)25-19-11-13-22-23(15-19)26(16-24-22)20-12-10-17-6-4-5-7-18(17)14-20/h1-15,25H,16H2. The van der Waals surface area contributed by atoms with E-state index >= 15 is 0 Å². The van der Waals surface area contributed by atoms with Gasteiger partial charge in [-0.3, -0.25) is 10.0 Å². The van der Waals surface area contributed by atoms with Crippen LogP contribution in [0.25, 0.3) is 10.8 Å². The summed E-state index contributed by atoms with van der Waals surface area (Å²) in [7, 11) is -3.64. The maximum Gasteiger partial charge on any atom is 0.261 e. The number of fused-ring (bicyclic) bond motifs is 2. The maximum atomic E-state index is 12.7. The molecular weight excluding hydrogens is 382 g/mol. The predicted molar refractivity (Wildman–Crippen MR) is 116 cm³/mol. The Hall–Kier alpha value is -3.51. The third-order valence-electron chi connectivity index (χ3n) is 5.00. The Morgan fingerprint density at radius 1 is 0.793 bits per heavy atom. The minimum absolute atomic E-state index is 0.233. The van der Waals surface area contributed by atoms with Gasteiger partial charge in [0.1, 0.15) is 6.67 Å². The number of anilines is 3. The van der Waals surface area contributed by atoms with Crippen LogP contribution in [0.4, 0.5) is 22.7 Å². The van der Waals surface area contributed by atoms with Crippen molar-refractivity contribution in [1.82, 2.24) is 5.32 Å². The molecule has 0 saturated heterocycles. The van der Waals surface area contributed by atoms with Crippen LogP contribution in [0.5, 0.6) is 0 Å². The van der Waals surface area contributed by atoms with Gasteiger partial charge in [-0.2, -0.15) is 0 Å². The van der Waals surface area contributed by atoms with Crippen LogP contribution in [-0.2, 0) is 10.0 Å². The van der Waals surface area contributed by atoms with Gasteiger partial charge in [-0.05, 0) is 53.2 Å². The fraction of sp³-hybridized carbons (Fsp3) is 0.0435. The summed E-state index contributed by atoms with van der Waals surface area (Å²) in [6.45, 7) is 0.503. The third-order valence-corrected chi connectivity index (χ3v) is 6.40. The van der Waals surface area contributed by atoms with Crippen LogP contribution >= 0.6 is 0 Å². The Morgan fingerprint density at radius 2 is 1.55 bits per heavy atom. The van der Waals surface area contributed by atoms with E-state index in [9.17, 15) is 8.42 Å². The molecular formula is C23H18N3O2S. The van der Waals surface area contributed by atoms with Gasteiger partial charge in [0.05, 0.1) is 22.0 Å². The van der Waals surface area contributed by atoms with E-state index in [2.05, 4.69) is 45.3 Å². The van der Waals surface area contributed by atoms with E-state index in [1.54, 1.807) is 36.4 Å². The molecule has 1 N–H and O–H groups in total. The highest BCUT2D eigenvalue weighted by Gasteiger charge is 2.23. The number of hydrogen-bond donors (Lipinski definition) is 1. The number of nitrogens with one attached hydrogen (secondary N) is 1. The molecule has 0 spiro atoms. The summed E-state index contributed by atoms with van der Waals surface area (Å²) < 4.78 is 28.0. The largest absolute Gasteiger partial charge is 0.319 e. The van der Waals surface area contributed by atoms with Gasteiger partial charge < -0.3 is 4.90 Å². The molecule has 1 aliphatic rings. The van der Waals surface area contributed by atoms with Crippen LogP contribution in [0.3, 0.4) is 0 Å². The maximum absolute atomic E-state index is 12.7. The molecule has 0 fully saturated rings. The molecule has 4 aromatic rings. The van der Waals surface area contributed by atoms with Crippen molar-refractivity contribution in [2.75, 3.05) is 16.3 Å². The number of benzene rings is 4. The highest BCUT2D eigenvalue weighted by Crippen LogP contribution is 2.39. The number of nitrogens with zero attached hydrogens (tertiary/aromatic N) is 2. The fourth-order valence-corrected chi connectivity index (χ4v) is 4.61. The summed E-state index contributed by atoms with van der Waals surface area (Å²) in [5, 5.41) is 6.91. The first-order chi connectivity index (χ1) is 14.1. The van der Waals surface area contributed by atoms with Crippen LogP contribution in [0.1, 0.15) is 0 Å². The van der Waals surface area contributed by atoms with E-state index in [4.69, 9.17) is 0 Å². The van der Waals surface area contributed by atoms with Gasteiger partial charge >= 0.3 is 0 Å². The molecule has 5 nitrogen and oxygen atoms in total. The van der Waals surface area contributed by atoms with Crippen molar-refractivity contribution in [2.24, 2.45) is 0 Å². The Bertz CT molecular complexity index is 1300. The van der Waals surface area contributed by atoms with Crippen molar-refractivity contribution in [2.45, 2.75) is 4.90 Å². The van der Waals surface area contributed by atoms with Crippen LogP contribution in [-0.4, -0.2) is 15.1 Å². The van der Waals surface area contributed by atoms with Gasteiger partial charge in [-0.15, -0.1) is 0 Å². The molecule has 1 heterocycles. The molecule has 0 saturated carbocycles. The van der Waals surface area contributed by atoms with Crippen molar-refractivity contribution in [3.63, 3.8) is 0 Å². The zero-order valence-electron chi connectivity index (χ0n) is 15.5. The normalized spacial score (nSPS) is 13.2. The second-order valence-corrected chi connectivity index (χ2v) is 8.56. The molecule has 0 aliphatic carbocycles. The monoisotopic (exact) mass is 400 g/mol. The average Bonchev–Trinajstić information content (AvgIpc) is 3.17. The summed E-state index contributed by atoms with van der Waals surface area (Å²) in [4.78, 5) is 2.32. The predicted octanol–water partition coefficient (Wildman–Crippen LogP) is 4.99. The van der Waals surface area contributed by atoms with E-state index in [1.807, 2.05) is 24.3 Å². The van der Waals surface area contributed by atoms with Crippen molar-refractivity contribution in [1.29, 1.82) is 0 Å². The Labute approximate surface area is 169 Å². The summed E-state index contributed by atoms with van der Waals surface area (Å²) in [6.07, 6.45) is 0. The SMILES string of the molecule is O=S(=O)(Nc1ccc2c(c1)N(c1ccc3ccccc3c1)C[N]2)c1ccccc1. The van der Waals surface area contributed by atoms with Crippen LogP contribution in [0.15, 0.2) is 95.9 Å². The first-order valence-electron chi connectivity index (χ1n) is 9.26. The molecule has 1 aliphatic heterocycles. The van der Waals surface area contributed by atoms with Gasteiger partial charge in [0.15, 0.2) is 0 Å². The minimum Gasteiger partial charge on any atom is -0.319 e. The number of sulfonamides is 1. The molecule has 29 heavy (non-hydrogen) atoms. The van der Waals surface area contributed by atoms with Gasteiger partial charge in [0.25, 0.3) is 10.0 Å². The van der Waals surface area contributed by atoms with Gasteiger partial charge in [0.2, 0.25) is 0 Å². The molecule has 0 bridgehead atoms. The quantitative estimate of drug-likeness (QED) is 0.525. The van der Waals surface area contributed by atoms with Gasteiger partial charge in [0, 0.05) is 5.69 Å². The third kappa shape index (κ3) is 3.28. The first-order valence-corrected chi connectivity index (χ1v) is 10.7. The first kappa shape index (κ1) is 17.6. The average molecular weight is 400 g/mol. The summed E-state index contributed by atoms with van der Waals surface area (Å²) in [6, 6.07) is 28.3.